The summed E-state index contributed by atoms with van der Waals surface area (Å²) in [5, 5.41) is 11.8. The molecule has 1 aliphatic heterocycles. The number of amides is 1. The van der Waals surface area contributed by atoms with Crippen molar-refractivity contribution in [2.75, 3.05) is 25.0 Å². The van der Waals surface area contributed by atoms with Gasteiger partial charge in [-0.3, -0.25) is 14.5 Å². The van der Waals surface area contributed by atoms with Crippen LogP contribution < -0.4 is 5.32 Å². The zero-order chi connectivity index (χ0) is 14.7. The van der Waals surface area contributed by atoms with Gasteiger partial charge in [0.25, 0.3) is 0 Å². The van der Waals surface area contributed by atoms with Gasteiger partial charge < -0.3 is 10.4 Å². The lowest BCUT2D eigenvalue weighted by Gasteiger charge is -2.15. The maximum Gasteiger partial charge on any atom is 0.307 e. The first kappa shape index (κ1) is 17.9. The fourth-order valence-electron chi connectivity index (χ4n) is 2.29. The van der Waals surface area contributed by atoms with Gasteiger partial charge in [-0.25, -0.2) is 0 Å². The van der Waals surface area contributed by atoms with Gasteiger partial charge in [-0.15, -0.1) is 12.4 Å². The van der Waals surface area contributed by atoms with Gasteiger partial charge in [0.2, 0.25) is 5.91 Å². The number of carboxylic acid groups (broad SMARTS) is 1. The van der Waals surface area contributed by atoms with Crippen LogP contribution in [0.3, 0.4) is 0 Å². The van der Waals surface area contributed by atoms with Crippen LogP contribution in [0, 0.1) is 12.8 Å². The summed E-state index contributed by atoms with van der Waals surface area (Å²) < 4.78 is 0.843. The Hall–Kier alpha value is -1.11. The Morgan fingerprint density at radius 1 is 1.48 bits per heavy atom. The first-order valence-corrected chi connectivity index (χ1v) is 7.26. The van der Waals surface area contributed by atoms with Crippen molar-refractivity contribution >= 4 is 45.9 Å². The first-order valence-electron chi connectivity index (χ1n) is 6.47. The minimum Gasteiger partial charge on any atom is -0.481 e. The Morgan fingerprint density at radius 3 is 2.76 bits per heavy atom. The lowest BCUT2D eigenvalue weighted by molar-refractivity contribution is -0.141. The molecule has 7 heteroatoms. The number of halogens is 2. The van der Waals surface area contributed by atoms with Crippen LogP contribution >= 0.6 is 28.3 Å². The van der Waals surface area contributed by atoms with E-state index in [2.05, 4.69) is 21.2 Å². The molecule has 1 amide bonds. The predicted molar refractivity (Wildman–Crippen MR) is 86.9 cm³/mol. The van der Waals surface area contributed by atoms with Crippen LogP contribution in [0.2, 0.25) is 0 Å². The van der Waals surface area contributed by atoms with Gasteiger partial charge in [0, 0.05) is 11.0 Å². The van der Waals surface area contributed by atoms with E-state index in [1.165, 1.54) is 0 Å². The number of aliphatic carboxylic acids is 1. The molecule has 0 spiro atoms. The van der Waals surface area contributed by atoms with Crippen molar-refractivity contribution in [3.8, 4) is 0 Å². The van der Waals surface area contributed by atoms with Gasteiger partial charge in [-0.05, 0) is 53.5 Å². The summed E-state index contributed by atoms with van der Waals surface area (Å²) in [6.45, 7) is 3.30. The quantitative estimate of drug-likeness (QED) is 0.846. The van der Waals surface area contributed by atoms with Crippen LogP contribution in [-0.2, 0) is 9.59 Å². The molecule has 0 bridgehead atoms. The van der Waals surface area contributed by atoms with Crippen molar-refractivity contribution in [2.24, 2.45) is 5.92 Å². The lowest BCUT2D eigenvalue weighted by Crippen LogP contribution is -2.32. The monoisotopic (exact) mass is 376 g/mol. The second-order valence-corrected chi connectivity index (χ2v) is 5.94. The molecule has 1 saturated heterocycles. The molecule has 1 aromatic carbocycles. The van der Waals surface area contributed by atoms with E-state index in [-0.39, 0.29) is 30.8 Å². The van der Waals surface area contributed by atoms with E-state index in [4.69, 9.17) is 5.11 Å². The topological polar surface area (TPSA) is 69.6 Å². The summed E-state index contributed by atoms with van der Waals surface area (Å²) in [5.41, 5.74) is 1.84. The normalized spacial score (nSPS) is 18.1. The van der Waals surface area contributed by atoms with E-state index in [1.807, 2.05) is 30.0 Å². The number of hydrogen-bond acceptors (Lipinski definition) is 3. The molecule has 1 aliphatic rings. The molecule has 1 heterocycles. The smallest absolute Gasteiger partial charge is 0.307 e. The summed E-state index contributed by atoms with van der Waals surface area (Å²) in [4.78, 5) is 24.7. The number of carbonyl (C=O) groups is 2. The molecule has 0 aliphatic carbocycles. The molecular formula is C14H18BrClN2O3. The highest BCUT2D eigenvalue weighted by Gasteiger charge is 2.28. The third kappa shape index (κ3) is 4.98. The standard InChI is InChI=1S/C14H17BrN2O3.ClH/c1-9-2-3-12(11(15)6-9)16-13(18)8-17-5-4-10(7-17)14(19)20;/h2-3,6,10H,4-5,7-8H2,1H3,(H,16,18)(H,19,20);1H. The fraction of sp³-hybridized carbons (Fsp3) is 0.429. The third-order valence-corrected chi connectivity index (χ3v) is 4.04. The second kappa shape index (κ2) is 7.77. The number of aryl methyl sites for hydroxylation is 1. The van der Waals surface area contributed by atoms with E-state index < -0.39 is 5.97 Å². The van der Waals surface area contributed by atoms with Crippen molar-refractivity contribution < 1.29 is 14.7 Å². The molecule has 0 aromatic heterocycles. The fourth-order valence-corrected chi connectivity index (χ4v) is 2.88. The molecule has 0 radical (unpaired) electrons. The third-order valence-electron chi connectivity index (χ3n) is 3.39. The van der Waals surface area contributed by atoms with Crippen LogP contribution in [-0.4, -0.2) is 41.5 Å². The Balaban J connectivity index is 0.00000220. The van der Waals surface area contributed by atoms with Crippen molar-refractivity contribution in [1.82, 2.24) is 4.90 Å². The van der Waals surface area contributed by atoms with E-state index in [0.29, 0.717) is 19.5 Å². The highest BCUT2D eigenvalue weighted by atomic mass is 79.9. The van der Waals surface area contributed by atoms with Crippen molar-refractivity contribution in [2.45, 2.75) is 13.3 Å². The van der Waals surface area contributed by atoms with Crippen molar-refractivity contribution in [1.29, 1.82) is 0 Å². The molecule has 1 aromatic rings. The summed E-state index contributed by atoms with van der Waals surface area (Å²) in [5.74, 6) is -1.26. The second-order valence-electron chi connectivity index (χ2n) is 5.09. The number of likely N-dealkylation sites (tertiary alicyclic amines) is 1. The highest BCUT2D eigenvalue weighted by molar-refractivity contribution is 9.10. The summed E-state index contributed by atoms with van der Waals surface area (Å²) in [6, 6.07) is 5.71. The number of hydrogen-bond donors (Lipinski definition) is 2. The number of anilines is 1. The van der Waals surface area contributed by atoms with Gasteiger partial charge in [0.15, 0.2) is 0 Å². The lowest BCUT2D eigenvalue weighted by atomic mass is 10.1. The SMILES string of the molecule is Cc1ccc(NC(=O)CN2CCC(C(=O)O)C2)c(Br)c1.Cl. The van der Waals surface area contributed by atoms with Crippen LogP contribution in [0.4, 0.5) is 5.69 Å². The largest absolute Gasteiger partial charge is 0.481 e. The molecule has 2 rings (SSSR count). The van der Waals surface area contributed by atoms with Gasteiger partial charge in [0.05, 0.1) is 18.2 Å². The minimum absolute atomic E-state index is 0. The molecule has 0 saturated carbocycles. The Bertz CT molecular complexity index is 539. The average molecular weight is 378 g/mol. The number of carboxylic acids is 1. The maximum atomic E-state index is 12.0. The number of carbonyl (C=O) groups excluding carboxylic acids is 1. The van der Waals surface area contributed by atoms with Gasteiger partial charge in [-0.2, -0.15) is 0 Å². The van der Waals surface area contributed by atoms with Crippen molar-refractivity contribution in [3.63, 3.8) is 0 Å². The number of nitrogens with zero attached hydrogens (tertiary/aromatic N) is 1. The molecule has 5 nitrogen and oxygen atoms in total. The van der Waals surface area contributed by atoms with Crippen LogP contribution in [0.5, 0.6) is 0 Å². The summed E-state index contributed by atoms with van der Waals surface area (Å²) >= 11 is 3.41. The van der Waals surface area contributed by atoms with Crippen molar-refractivity contribution in [3.05, 3.63) is 28.2 Å². The Kier molecular flexibility index (Phi) is 6.64. The summed E-state index contributed by atoms with van der Waals surface area (Å²) in [7, 11) is 0. The van der Waals surface area contributed by atoms with Gasteiger partial charge in [0.1, 0.15) is 0 Å². The molecule has 2 N–H and O–H groups in total. The van der Waals surface area contributed by atoms with Crippen LogP contribution in [0.15, 0.2) is 22.7 Å². The maximum absolute atomic E-state index is 12.0. The van der Waals surface area contributed by atoms with Crippen LogP contribution in [0.25, 0.3) is 0 Å². The Morgan fingerprint density at radius 2 is 2.19 bits per heavy atom. The zero-order valence-corrected chi connectivity index (χ0v) is 14.0. The average Bonchev–Trinajstić information content (AvgIpc) is 2.81. The molecule has 1 atom stereocenters. The molecule has 116 valence electrons. The number of benzene rings is 1. The highest BCUT2D eigenvalue weighted by Crippen LogP contribution is 2.23. The summed E-state index contributed by atoms with van der Waals surface area (Å²) in [6.07, 6.45) is 0.608. The van der Waals surface area contributed by atoms with Crippen LogP contribution in [0.1, 0.15) is 12.0 Å². The van der Waals surface area contributed by atoms with E-state index in [1.54, 1.807) is 0 Å². The number of rotatable bonds is 4. The van der Waals surface area contributed by atoms with E-state index in [9.17, 15) is 9.59 Å². The molecule has 1 unspecified atom stereocenters. The number of nitrogens with one attached hydrogen (secondary N) is 1. The first-order chi connectivity index (χ1) is 9.45. The molecule has 21 heavy (non-hydrogen) atoms. The van der Waals surface area contributed by atoms with Gasteiger partial charge >= 0.3 is 5.97 Å². The van der Waals surface area contributed by atoms with Gasteiger partial charge in [-0.1, -0.05) is 6.07 Å². The van der Waals surface area contributed by atoms with E-state index >= 15 is 0 Å². The molecule has 1 fully saturated rings. The molecular weight excluding hydrogens is 360 g/mol. The Labute approximate surface area is 138 Å². The minimum atomic E-state index is -0.783. The zero-order valence-electron chi connectivity index (χ0n) is 11.6. The predicted octanol–water partition coefficient (Wildman–Crippen LogP) is 2.52. The van der Waals surface area contributed by atoms with E-state index in [0.717, 1.165) is 15.7 Å².